The largest absolute Gasteiger partial charge is 0.479 e. The fourth-order valence-electron chi connectivity index (χ4n) is 1.75. The Morgan fingerprint density at radius 2 is 2.26 bits per heavy atom. The molecule has 0 saturated carbocycles. The third kappa shape index (κ3) is 4.16. The summed E-state index contributed by atoms with van der Waals surface area (Å²) >= 11 is 0. The number of hydrogen-bond acceptors (Lipinski definition) is 4. The van der Waals surface area contributed by atoms with Crippen molar-refractivity contribution in [2.75, 3.05) is 25.1 Å². The first-order valence-corrected chi connectivity index (χ1v) is 6.03. The van der Waals surface area contributed by atoms with Crippen molar-refractivity contribution < 1.29 is 14.3 Å². The number of nitrogens with zero attached hydrogens (tertiary/aromatic N) is 1. The van der Waals surface area contributed by atoms with Crippen LogP contribution in [0.2, 0.25) is 0 Å². The van der Waals surface area contributed by atoms with Gasteiger partial charge in [-0.25, -0.2) is 4.79 Å². The lowest BCUT2D eigenvalue weighted by Gasteiger charge is -2.12. The van der Waals surface area contributed by atoms with E-state index in [4.69, 9.17) is 14.7 Å². The smallest absolute Gasteiger partial charge is 0.319 e. The van der Waals surface area contributed by atoms with Crippen LogP contribution in [0.15, 0.2) is 24.3 Å². The van der Waals surface area contributed by atoms with Gasteiger partial charge in [-0.2, -0.15) is 5.26 Å². The zero-order chi connectivity index (χ0) is 13.5. The summed E-state index contributed by atoms with van der Waals surface area (Å²) in [4.78, 5) is 11.7. The van der Waals surface area contributed by atoms with E-state index in [1.54, 1.807) is 24.3 Å². The topological polar surface area (TPSA) is 83.4 Å². The molecule has 2 rings (SSSR count). The minimum atomic E-state index is -0.249. The molecule has 1 atom stereocenters. The standard InChI is InChI=1S/C13H15N3O3/c14-6-8-19-12-3-1-10(2-4-12)15-13(17)16-11-5-7-18-9-11/h1-4,11H,5,7-9H2,(H2,15,16,17). The number of urea groups is 1. The van der Waals surface area contributed by atoms with Crippen LogP contribution >= 0.6 is 0 Å². The van der Waals surface area contributed by atoms with Crippen LogP contribution in [0.5, 0.6) is 5.75 Å². The second-order valence-corrected chi connectivity index (χ2v) is 4.13. The molecule has 100 valence electrons. The molecule has 0 bridgehead atoms. The predicted octanol–water partition coefficient (Wildman–Crippen LogP) is 1.50. The molecule has 1 aromatic rings. The molecule has 19 heavy (non-hydrogen) atoms. The number of carbonyl (C=O) groups is 1. The summed E-state index contributed by atoms with van der Waals surface area (Å²) in [5.41, 5.74) is 0.667. The number of amides is 2. The van der Waals surface area contributed by atoms with E-state index in [1.807, 2.05) is 6.07 Å². The molecule has 1 aliphatic rings. The van der Waals surface area contributed by atoms with Crippen molar-refractivity contribution in [3.63, 3.8) is 0 Å². The second kappa shape index (κ2) is 6.61. The lowest BCUT2D eigenvalue weighted by molar-refractivity contribution is 0.189. The molecule has 1 unspecified atom stereocenters. The summed E-state index contributed by atoms with van der Waals surface area (Å²) in [6.45, 7) is 1.26. The van der Waals surface area contributed by atoms with Crippen LogP contribution in [0.25, 0.3) is 0 Å². The number of ether oxygens (including phenoxy) is 2. The number of nitrogens with one attached hydrogen (secondary N) is 2. The molecule has 0 aromatic heterocycles. The molecule has 2 amide bonds. The molecule has 1 aliphatic heterocycles. The van der Waals surface area contributed by atoms with Gasteiger partial charge >= 0.3 is 6.03 Å². The Labute approximate surface area is 111 Å². The fraction of sp³-hybridized carbons (Fsp3) is 0.385. The number of anilines is 1. The van der Waals surface area contributed by atoms with Crippen molar-refractivity contribution in [2.45, 2.75) is 12.5 Å². The molecule has 6 nitrogen and oxygen atoms in total. The number of carbonyl (C=O) groups excluding carboxylic acids is 1. The van der Waals surface area contributed by atoms with Crippen LogP contribution in [-0.2, 0) is 4.74 Å². The van der Waals surface area contributed by atoms with E-state index >= 15 is 0 Å². The summed E-state index contributed by atoms with van der Waals surface area (Å²) in [6, 6.07) is 8.56. The van der Waals surface area contributed by atoms with Gasteiger partial charge in [0.1, 0.15) is 11.8 Å². The van der Waals surface area contributed by atoms with Gasteiger partial charge in [0, 0.05) is 12.3 Å². The average molecular weight is 261 g/mol. The first kappa shape index (κ1) is 13.2. The number of rotatable bonds is 4. The lowest BCUT2D eigenvalue weighted by atomic mass is 10.2. The average Bonchev–Trinajstić information content (AvgIpc) is 2.90. The van der Waals surface area contributed by atoms with E-state index in [2.05, 4.69) is 10.6 Å². The van der Waals surface area contributed by atoms with Crippen LogP contribution in [0.4, 0.5) is 10.5 Å². The van der Waals surface area contributed by atoms with Crippen molar-refractivity contribution in [1.29, 1.82) is 5.26 Å². The minimum Gasteiger partial charge on any atom is -0.479 e. The maximum atomic E-state index is 11.7. The number of nitriles is 1. The maximum Gasteiger partial charge on any atom is 0.319 e. The van der Waals surface area contributed by atoms with Crippen LogP contribution < -0.4 is 15.4 Å². The van der Waals surface area contributed by atoms with Crippen LogP contribution in [0.1, 0.15) is 6.42 Å². The van der Waals surface area contributed by atoms with Crippen LogP contribution in [0.3, 0.4) is 0 Å². The zero-order valence-electron chi connectivity index (χ0n) is 10.4. The highest BCUT2D eigenvalue weighted by molar-refractivity contribution is 5.89. The lowest BCUT2D eigenvalue weighted by Crippen LogP contribution is -2.38. The Hall–Kier alpha value is -2.26. The van der Waals surface area contributed by atoms with Crippen LogP contribution in [-0.4, -0.2) is 31.9 Å². The van der Waals surface area contributed by atoms with Gasteiger partial charge in [0.2, 0.25) is 0 Å². The number of hydrogen-bond donors (Lipinski definition) is 2. The highest BCUT2D eigenvalue weighted by Gasteiger charge is 2.17. The van der Waals surface area contributed by atoms with E-state index in [-0.39, 0.29) is 18.7 Å². The summed E-state index contributed by atoms with van der Waals surface area (Å²) < 4.78 is 10.3. The Balaban J connectivity index is 1.81. The van der Waals surface area contributed by atoms with Gasteiger partial charge in [0.05, 0.1) is 12.6 Å². The Morgan fingerprint density at radius 1 is 1.47 bits per heavy atom. The van der Waals surface area contributed by atoms with Crippen molar-refractivity contribution >= 4 is 11.7 Å². The molecule has 0 spiro atoms. The summed E-state index contributed by atoms with van der Waals surface area (Å²) in [5.74, 6) is 0.594. The van der Waals surface area contributed by atoms with Crippen molar-refractivity contribution in [3.8, 4) is 11.8 Å². The van der Waals surface area contributed by atoms with Gasteiger partial charge in [-0.05, 0) is 30.7 Å². The van der Waals surface area contributed by atoms with Crippen molar-refractivity contribution in [2.24, 2.45) is 0 Å². The second-order valence-electron chi connectivity index (χ2n) is 4.13. The van der Waals surface area contributed by atoms with Crippen LogP contribution in [0, 0.1) is 11.3 Å². The first-order valence-electron chi connectivity index (χ1n) is 6.03. The molecule has 1 saturated heterocycles. The maximum absolute atomic E-state index is 11.7. The summed E-state index contributed by atoms with van der Waals surface area (Å²) in [6.07, 6.45) is 0.842. The first-order chi connectivity index (χ1) is 9.28. The summed E-state index contributed by atoms with van der Waals surface area (Å²) in [7, 11) is 0. The van der Waals surface area contributed by atoms with Crippen molar-refractivity contribution in [1.82, 2.24) is 5.32 Å². The quantitative estimate of drug-likeness (QED) is 0.860. The number of benzene rings is 1. The molecule has 6 heteroatoms. The molecule has 0 aliphatic carbocycles. The Kier molecular flexibility index (Phi) is 4.59. The SMILES string of the molecule is N#CCOc1ccc(NC(=O)NC2CCOC2)cc1. The third-order valence-corrected chi connectivity index (χ3v) is 2.68. The van der Waals surface area contributed by atoms with E-state index < -0.39 is 0 Å². The molecule has 1 heterocycles. The normalized spacial score (nSPS) is 17.5. The minimum absolute atomic E-state index is 0.00887. The Bertz CT molecular complexity index is 461. The highest BCUT2D eigenvalue weighted by atomic mass is 16.5. The molecule has 1 fully saturated rings. The van der Waals surface area contributed by atoms with Crippen molar-refractivity contribution in [3.05, 3.63) is 24.3 Å². The van der Waals surface area contributed by atoms with Gasteiger partial charge in [-0.1, -0.05) is 0 Å². The van der Waals surface area contributed by atoms with Gasteiger partial charge in [0.15, 0.2) is 6.61 Å². The molecule has 0 radical (unpaired) electrons. The summed E-state index contributed by atoms with van der Waals surface area (Å²) in [5, 5.41) is 13.9. The fourth-order valence-corrected chi connectivity index (χ4v) is 1.75. The van der Waals surface area contributed by atoms with Gasteiger partial charge in [0.25, 0.3) is 0 Å². The molecular formula is C13H15N3O3. The molecular weight excluding hydrogens is 246 g/mol. The third-order valence-electron chi connectivity index (χ3n) is 2.68. The molecule has 1 aromatic carbocycles. The van der Waals surface area contributed by atoms with Gasteiger partial charge in [-0.3, -0.25) is 0 Å². The van der Waals surface area contributed by atoms with Gasteiger partial charge < -0.3 is 20.1 Å². The van der Waals surface area contributed by atoms with E-state index in [9.17, 15) is 4.79 Å². The molecule has 2 N–H and O–H groups in total. The van der Waals surface area contributed by atoms with Gasteiger partial charge in [-0.15, -0.1) is 0 Å². The van der Waals surface area contributed by atoms with E-state index in [1.165, 1.54) is 0 Å². The van der Waals surface area contributed by atoms with E-state index in [0.29, 0.717) is 24.7 Å². The monoisotopic (exact) mass is 261 g/mol. The zero-order valence-corrected chi connectivity index (χ0v) is 10.4. The Morgan fingerprint density at radius 3 is 2.89 bits per heavy atom. The van der Waals surface area contributed by atoms with E-state index in [0.717, 1.165) is 6.42 Å². The predicted molar refractivity (Wildman–Crippen MR) is 68.9 cm³/mol. The highest BCUT2D eigenvalue weighted by Crippen LogP contribution is 2.15.